The highest BCUT2D eigenvalue weighted by atomic mass is 16.2. The van der Waals surface area contributed by atoms with Crippen molar-refractivity contribution in [2.45, 2.75) is 45.2 Å². The Morgan fingerprint density at radius 3 is 2.54 bits per heavy atom. The lowest BCUT2D eigenvalue weighted by Crippen LogP contribution is -2.56. The molecule has 1 aromatic rings. The van der Waals surface area contributed by atoms with Gasteiger partial charge in [-0.05, 0) is 37.8 Å². The number of hydrogen-bond acceptors (Lipinski definition) is 3. The Hall–Kier alpha value is -2.37. The fourth-order valence-corrected chi connectivity index (χ4v) is 3.01. The van der Waals surface area contributed by atoms with Gasteiger partial charge in [0.2, 0.25) is 5.91 Å². The van der Waals surface area contributed by atoms with E-state index in [9.17, 15) is 14.4 Å². The van der Waals surface area contributed by atoms with Crippen LogP contribution in [0.2, 0.25) is 0 Å². The van der Waals surface area contributed by atoms with Gasteiger partial charge in [-0.2, -0.15) is 0 Å². The minimum atomic E-state index is -0.608. The number of Topliss-reactive ketones (excluding diaryl/α,β-unsaturated/α-hetero) is 1. The van der Waals surface area contributed by atoms with Gasteiger partial charge in [0.15, 0.2) is 5.78 Å². The van der Waals surface area contributed by atoms with Crippen LogP contribution in [0.1, 0.15) is 32.3 Å². The van der Waals surface area contributed by atoms with Crippen molar-refractivity contribution in [1.29, 1.82) is 0 Å². The van der Waals surface area contributed by atoms with E-state index in [1.54, 1.807) is 19.0 Å². The van der Waals surface area contributed by atoms with Crippen LogP contribution in [-0.2, 0) is 16.0 Å². The Labute approximate surface area is 142 Å². The molecule has 0 spiro atoms. The van der Waals surface area contributed by atoms with Gasteiger partial charge in [0, 0.05) is 19.8 Å². The first-order chi connectivity index (χ1) is 11.4. The molecule has 2 atom stereocenters. The van der Waals surface area contributed by atoms with Gasteiger partial charge in [-0.3, -0.25) is 14.5 Å². The molecule has 6 nitrogen and oxygen atoms in total. The number of rotatable bonds is 4. The summed E-state index contributed by atoms with van der Waals surface area (Å²) in [5.74, 6) is -0.353. The van der Waals surface area contributed by atoms with Crippen LogP contribution in [0.5, 0.6) is 0 Å². The minimum Gasteiger partial charge on any atom is -0.345 e. The highest BCUT2D eigenvalue weighted by Gasteiger charge is 2.37. The van der Waals surface area contributed by atoms with Crippen molar-refractivity contribution in [2.24, 2.45) is 0 Å². The smallest absolute Gasteiger partial charge is 0.324 e. The monoisotopic (exact) mass is 331 g/mol. The molecule has 1 aliphatic rings. The molecule has 24 heavy (non-hydrogen) atoms. The van der Waals surface area contributed by atoms with Gasteiger partial charge in [0.25, 0.3) is 0 Å². The second-order valence-corrected chi connectivity index (χ2v) is 6.31. The first-order valence-electron chi connectivity index (χ1n) is 8.26. The Morgan fingerprint density at radius 2 is 1.96 bits per heavy atom. The Bertz CT molecular complexity index is 642. The molecule has 0 saturated heterocycles. The third-order valence-corrected chi connectivity index (χ3v) is 4.36. The molecule has 1 N–H and O–H groups in total. The van der Waals surface area contributed by atoms with Gasteiger partial charge in [-0.1, -0.05) is 25.1 Å². The number of nitrogens with zero attached hydrogens (tertiary/aromatic N) is 2. The van der Waals surface area contributed by atoms with Crippen molar-refractivity contribution in [3.05, 3.63) is 29.8 Å². The van der Waals surface area contributed by atoms with Gasteiger partial charge in [-0.15, -0.1) is 0 Å². The summed E-state index contributed by atoms with van der Waals surface area (Å²) in [5, 5.41) is 2.79. The molecule has 0 aromatic heterocycles. The van der Waals surface area contributed by atoms with Crippen LogP contribution in [0.3, 0.4) is 0 Å². The van der Waals surface area contributed by atoms with E-state index in [0.717, 1.165) is 17.7 Å². The summed E-state index contributed by atoms with van der Waals surface area (Å²) in [7, 11) is 3.33. The largest absolute Gasteiger partial charge is 0.345 e. The third-order valence-electron chi connectivity index (χ3n) is 4.36. The third kappa shape index (κ3) is 3.58. The van der Waals surface area contributed by atoms with Crippen molar-refractivity contribution in [3.8, 4) is 0 Å². The van der Waals surface area contributed by atoms with Crippen molar-refractivity contribution in [1.82, 2.24) is 10.2 Å². The molecular weight excluding hydrogens is 306 g/mol. The lowest BCUT2D eigenvalue weighted by molar-refractivity contribution is -0.127. The van der Waals surface area contributed by atoms with Crippen molar-refractivity contribution >= 4 is 23.4 Å². The molecule has 0 radical (unpaired) electrons. The number of benzene rings is 1. The number of urea groups is 1. The normalized spacial score (nSPS) is 17.7. The van der Waals surface area contributed by atoms with E-state index in [2.05, 4.69) is 5.32 Å². The Morgan fingerprint density at radius 1 is 1.29 bits per heavy atom. The molecule has 130 valence electrons. The number of anilines is 1. The number of fused-ring (bicyclic) bond motifs is 1. The molecule has 2 unspecified atom stereocenters. The maximum absolute atomic E-state index is 12.7. The maximum atomic E-state index is 12.7. The summed E-state index contributed by atoms with van der Waals surface area (Å²) in [6.45, 7) is 3.32. The van der Waals surface area contributed by atoms with E-state index in [4.69, 9.17) is 0 Å². The van der Waals surface area contributed by atoms with Gasteiger partial charge in [0.1, 0.15) is 6.04 Å². The van der Waals surface area contributed by atoms with E-state index in [-0.39, 0.29) is 17.7 Å². The lowest BCUT2D eigenvalue weighted by Gasteiger charge is -2.38. The van der Waals surface area contributed by atoms with E-state index >= 15 is 0 Å². The van der Waals surface area contributed by atoms with Crippen LogP contribution in [-0.4, -0.2) is 48.8 Å². The zero-order chi connectivity index (χ0) is 17.9. The molecule has 0 fully saturated rings. The Kier molecular flexibility index (Phi) is 5.59. The fourth-order valence-electron chi connectivity index (χ4n) is 3.01. The first-order valence-corrected chi connectivity index (χ1v) is 8.26. The number of para-hydroxylation sites is 1. The summed E-state index contributed by atoms with van der Waals surface area (Å²) in [6.07, 6.45) is 1.80. The number of carbonyl (C=O) groups excluding carboxylic acids is 3. The summed E-state index contributed by atoms with van der Waals surface area (Å²) < 4.78 is 0. The highest BCUT2D eigenvalue weighted by molar-refractivity contribution is 6.02. The van der Waals surface area contributed by atoms with Crippen LogP contribution >= 0.6 is 0 Å². The average Bonchev–Trinajstić information content (AvgIpc) is 2.57. The number of nitrogens with one attached hydrogen (secondary N) is 1. The molecule has 1 heterocycles. The molecule has 1 aliphatic heterocycles. The van der Waals surface area contributed by atoms with Crippen LogP contribution in [0.15, 0.2) is 24.3 Å². The second kappa shape index (κ2) is 7.47. The molecular formula is C18H25N3O3. The number of hydrogen-bond donors (Lipinski definition) is 1. The summed E-state index contributed by atoms with van der Waals surface area (Å²) in [4.78, 5) is 40.0. The number of carbonyl (C=O) groups is 3. The number of ketones is 1. The standard InChI is InChI=1S/C18H25N3O3/c1-5-14(12(2)22)19-17(23)16-11-10-13-8-6-7-9-15(13)21(16)18(24)20(3)4/h6-9,14,16H,5,10-11H2,1-4H3,(H,19,23). The summed E-state index contributed by atoms with van der Waals surface area (Å²) in [5.41, 5.74) is 1.81. The van der Waals surface area contributed by atoms with E-state index in [0.29, 0.717) is 12.8 Å². The predicted octanol–water partition coefficient (Wildman–Crippen LogP) is 1.97. The number of amides is 3. The van der Waals surface area contributed by atoms with Crippen molar-refractivity contribution in [2.75, 3.05) is 19.0 Å². The highest BCUT2D eigenvalue weighted by Crippen LogP contribution is 2.31. The van der Waals surface area contributed by atoms with Gasteiger partial charge in [0.05, 0.1) is 6.04 Å². The average molecular weight is 331 g/mol. The van der Waals surface area contributed by atoms with E-state index in [1.807, 2.05) is 31.2 Å². The molecule has 6 heteroatoms. The van der Waals surface area contributed by atoms with Crippen LogP contribution in [0.4, 0.5) is 10.5 Å². The van der Waals surface area contributed by atoms with Crippen molar-refractivity contribution in [3.63, 3.8) is 0 Å². The first kappa shape index (κ1) is 18.0. The van der Waals surface area contributed by atoms with Crippen LogP contribution < -0.4 is 10.2 Å². The minimum absolute atomic E-state index is 0.0763. The van der Waals surface area contributed by atoms with E-state index < -0.39 is 12.1 Å². The van der Waals surface area contributed by atoms with Gasteiger partial charge < -0.3 is 10.2 Å². The lowest BCUT2D eigenvalue weighted by atomic mass is 9.95. The van der Waals surface area contributed by atoms with Gasteiger partial charge in [-0.25, -0.2) is 4.79 Å². The van der Waals surface area contributed by atoms with Crippen molar-refractivity contribution < 1.29 is 14.4 Å². The zero-order valence-electron chi connectivity index (χ0n) is 14.7. The zero-order valence-corrected chi connectivity index (χ0v) is 14.7. The maximum Gasteiger partial charge on any atom is 0.324 e. The second-order valence-electron chi connectivity index (χ2n) is 6.31. The topological polar surface area (TPSA) is 69.7 Å². The molecule has 0 saturated carbocycles. The Balaban J connectivity index is 2.33. The predicted molar refractivity (Wildman–Crippen MR) is 93.0 cm³/mol. The molecule has 2 rings (SSSR count). The van der Waals surface area contributed by atoms with Crippen LogP contribution in [0.25, 0.3) is 0 Å². The van der Waals surface area contributed by atoms with E-state index in [1.165, 1.54) is 11.8 Å². The quantitative estimate of drug-likeness (QED) is 0.917. The SMILES string of the molecule is CCC(NC(=O)C1CCc2ccccc2N1C(=O)N(C)C)C(C)=O. The van der Waals surface area contributed by atoms with Crippen LogP contribution in [0, 0.1) is 0 Å². The summed E-state index contributed by atoms with van der Waals surface area (Å²) >= 11 is 0. The summed E-state index contributed by atoms with van der Waals surface area (Å²) in [6, 6.07) is 6.27. The number of aryl methyl sites for hydroxylation is 1. The molecule has 3 amide bonds. The van der Waals surface area contributed by atoms with Gasteiger partial charge >= 0.3 is 6.03 Å². The molecule has 0 aliphatic carbocycles. The molecule has 1 aromatic carbocycles. The fraction of sp³-hybridized carbons (Fsp3) is 0.500. The molecule has 0 bridgehead atoms.